The molecule has 0 aliphatic carbocycles. The van der Waals surface area contributed by atoms with Crippen molar-refractivity contribution in [2.24, 2.45) is 5.73 Å². The van der Waals surface area contributed by atoms with Gasteiger partial charge in [-0.1, -0.05) is 19.8 Å². The summed E-state index contributed by atoms with van der Waals surface area (Å²) in [5.74, 6) is -0.551. The lowest BCUT2D eigenvalue weighted by Crippen LogP contribution is -2.62. The van der Waals surface area contributed by atoms with Gasteiger partial charge in [-0.05, 0) is 13.5 Å². The van der Waals surface area contributed by atoms with Crippen molar-refractivity contribution in [3.8, 4) is 0 Å². The average Bonchev–Trinajstić information content (AvgIpc) is 2.16. The zero-order valence-corrected chi connectivity index (χ0v) is 9.32. The summed E-state index contributed by atoms with van der Waals surface area (Å²) in [4.78, 5) is 24.5. The van der Waals surface area contributed by atoms with Gasteiger partial charge in [0.25, 0.3) is 0 Å². The lowest BCUT2D eigenvalue weighted by Gasteiger charge is -2.35. The molecular formula is C10H19N3O2. The summed E-state index contributed by atoms with van der Waals surface area (Å²) in [6.07, 6.45) is 2.92. The third-order valence-electron chi connectivity index (χ3n) is 2.80. The Kier molecular flexibility index (Phi) is 4.08. The Balaban J connectivity index is 2.56. The minimum absolute atomic E-state index is 0.0824. The molecule has 86 valence electrons. The Morgan fingerprint density at radius 1 is 1.67 bits per heavy atom. The van der Waals surface area contributed by atoms with Gasteiger partial charge in [0.1, 0.15) is 6.04 Å². The largest absolute Gasteiger partial charge is 0.368 e. The van der Waals surface area contributed by atoms with Crippen LogP contribution < -0.4 is 11.1 Å². The van der Waals surface area contributed by atoms with E-state index in [1.807, 2.05) is 11.9 Å². The normalized spacial score (nSPS) is 27.5. The molecule has 15 heavy (non-hydrogen) atoms. The molecule has 0 aromatic carbocycles. The van der Waals surface area contributed by atoms with E-state index in [-0.39, 0.29) is 11.9 Å². The molecule has 5 heteroatoms. The Morgan fingerprint density at radius 2 is 2.33 bits per heavy atom. The lowest BCUT2D eigenvalue weighted by molar-refractivity contribution is -0.135. The summed E-state index contributed by atoms with van der Waals surface area (Å²) < 4.78 is 0. The maximum atomic E-state index is 11.7. The van der Waals surface area contributed by atoms with Gasteiger partial charge < -0.3 is 11.1 Å². The quantitative estimate of drug-likeness (QED) is 0.658. The molecule has 1 aliphatic heterocycles. The highest BCUT2D eigenvalue weighted by molar-refractivity contribution is 5.90. The molecule has 0 aromatic heterocycles. The third kappa shape index (κ3) is 2.92. The minimum Gasteiger partial charge on any atom is -0.368 e. The topological polar surface area (TPSA) is 75.4 Å². The third-order valence-corrected chi connectivity index (χ3v) is 2.80. The van der Waals surface area contributed by atoms with Gasteiger partial charge in [0.05, 0.1) is 6.04 Å². The molecule has 0 spiro atoms. The molecule has 1 aliphatic rings. The highest BCUT2D eigenvalue weighted by Crippen LogP contribution is 2.12. The highest BCUT2D eigenvalue weighted by atomic mass is 16.2. The van der Waals surface area contributed by atoms with E-state index in [2.05, 4.69) is 12.2 Å². The second-order valence-corrected chi connectivity index (χ2v) is 4.06. The van der Waals surface area contributed by atoms with Crippen molar-refractivity contribution < 1.29 is 9.59 Å². The van der Waals surface area contributed by atoms with Crippen LogP contribution in [-0.4, -0.2) is 42.4 Å². The molecular weight excluding hydrogens is 194 g/mol. The number of amides is 2. The maximum absolute atomic E-state index is 11.7. The van der Waals surface area contributed by atoms with Gasteiger partial charge in [0.15, 0.2) is 0 Å². The Morgan fingerprint density at radius 3 is 2.80 bits per heavy atom. The van der Waals surface area contributed by atoms with Crippen LogP contribution in [0.3, 0.4) is 0 Å². The fourth-order valence-electron chi connectivity index (χ4n) is 1.84. The standard InChI is InChI=1S/C10H19N3O2/c1-3-4-5-8-10(15)12-7(9(11)14)6-13(8)2/h7-8H,3-6H2,1-2H3,(H2,11,14)(H,12,15)/t7-,8+/m1/s1. The number of hydrogen-bond donors (Lipinski definition) is 2. The number of primary amides is 1. The average molecular weight is 213 g/mol. The monoisotopic (exact) mass is 213 g/mol. The minimum atomic E-state index is -0.541. The predicted octanol–water partition coefficient (Wildman–Crippen LogP) is -0.539. The van der Waals surface area contributed by atoms with Crippen LogP contribution in [0.4, 0.5) is 0 Å². The molecule has 0 unspecified atom stereocenters. The van der Waals surface area contributed by atoms with E-state index in [1.165, 1.54) is 0 Å². The second-order valence-electron chi connectivity index (χ2n) is 4.06. The number of nitrogens with one attached hydrogen (secondary N) is 1. The number of rotatable bonds is 4. The first-order chi connectivity index (χ1) is 7.06. The summed E-state index contributed by atoms with van der Waals surface area (Å²) >= 11 is 0. The van der Waals surface area contributed by atoms with Gasteiger partial charge >= 0.3 is 0 Å². The Bertz CT molecular complexity index is 255. The van der Waals surface area contributed by atoms with E-state index >= 15 is 0 Å². The SMILES string of the molecule is CCCC[C@H]1C(=O)N[C@@H](C(N)=O)CN1C. The van der Waals surface area contributed by atoms with Crippen molar-refractivity contribution in [3.63, 3.8) is 0 Å². The molecule has 0 aromatic rings. The number of nitrogens with two attached hydrogens (primary N) is 1. The summed E-state index contributed by atoms with van der Waals surface area (Å²) in [6.45, 7) is 2.60. The zero-order chi connectivity index (χ0) is 11.4. The summed E-state index contributed by atoms with van der Waals surface area (Å²) in [5.41, 5.74) is 5.16. The molecule has 1 rings (SSSR count). The van der Waals surface area contributed by atoms with Gasteiger partial charge in [-0.3, -0.25) is 14.5 Å². The molecule has 3 N–H and O–H groups in total. The number of carbonyl (C=O) groups is 2. The van der Waals surface area contributed by atoms with Crippen LogP contribution in [-0.2, 0) is 9.59 Å². The van der Waals surface area contributed by atoms with Gasteiger partial charge in [0, 0.05) is 6.54 Å². The van der Waals surface area contributed by atoms with Gasteiger partial charge in [-0.2, -0.15) is 0 Å². The molecule has 0 radical (unpaired) electrons. The summed E-state index contributed by atoms with van der Waals surface area (Å²) in [6, 6.07) is -0.652. The van der Waals surface area contributed by atoms with Crippen LogP contribution in [0.15, 0.2) is 0 Å². The van der Waals surface area contributed by atoms with Crippen LogP contribution in [0.2, 0.25) is 0 Å². The highest BCUT2D eigenvalue weighted by Gasteiger charge is 2.33. The number of unbranched alkanes of at least 4 members (excludes halogenated alkanes) is 1. The van der Waals surface area contributed by atoms with Crippen molar-refractivity contribution in [1.82, 2.24) is 10.2 Å². The van der Waals surface area contributed by atoms with Crippen LogP contribution in [0, 0.1) is 0 Å². The Hall–Kier alpha value is -1.10. The van der Waals surface area contributed by atoms with Crippen molar-refractivity contribution in [3.05, 3.63) is 0 Å². The summed E-state index contributed by atoms with van der Waals surface area (Å²) in [7, 11) is 1.86. The molecule has 2 amide bonds. The van der Waals surface area contributed by atoms with Gasteiger partial charge in [-0.15, -0.1) is 0 Å². The van der Waals surface area contributed by atoms with E-state index in [0.717, 1.165) is 19.3 Å². The Labute approximate surface area is 90.0 Å². The molecule has 1 heterocycles. The predicted molar refractivity (Wildman–Crippen MR) is 57.1 cm³/mol. The number of nitrogens with zero attached hydrogens (tertiary/aromatic N) is 1. The van der Waals surface area contributed by atoms with Crippen molar-refractivity contribution >= 4 is 11.8 Å². The second kappa shape index (κ2) is 5.11. The molecule has 5 nitrogen and oxygen atoms in total. The fraction of sp³-hybridized carbons (Fsp3) is 0.800. The van der Waals surface area contributed by atoms with E-state index in [4.69, 9.17) is 5.73 Å². The van der Waals surface area contributed by atoms with Crippen LogP contribution >= 0.6 is 0 Å². The number of piperazine rings is 1. The number of hydrogen-bond acceptors (Lipinski definition) is 3. The van der Waals surface area contributed by atoms with Crippen molar-refractivity contribution in [1.29, 1.82) is 0 Å². The molecule has 2 atom stereocenters. The van der Waals surface area contributed by atoms with E-state index in [9.17, 15) is 9.59 Å². The fourth-order valence-corrected chi connectivity index (χ4v) is 1.84. The number of carbonyl (C=O) groups excluding carboxylic acids is 2. The smallest absolute Gasteiger partial charge is 0.241 e. The zero-order valence-electron chi connectivity index (χ0n) is 9.32. The maximum Gasteiger partial charge on any atom is 0.241 e. The van der Waals surface area contributed by atoms with Crippen LogP contribution in [0.5, 0.6) is 0 Å². The van der Waals surface area contributed by atoms with Crippen LogP contribution in [0.1, 0.15) is 26.2 Å². The van der Waals surface area contributed by atoms with E-state index in [0.29, 0.717) is 6.54 Å². The first-order valence-corrected chi connectivity index (χ1v) is 5.36. The molecule has 1 fully saturated rings. The van der Waals surface area contributed by atoms with Gasteiger partial charge in [-0.25, -0.2) is 0 Å². The summed E-state index contributed by atoms with van der Waals surface area (Å²) in [5, 5.41) is 2.65. The lowest BCUT2D eigenvalue weighted by atomic mass is 10.0. The molecule has 0 bridgehead atoms. The van der Waals surface area contributed by atoms with E-state index < -0.39 is 11.9 Å². The first kappa shape index (κ1) is 12.0. The number of likely N-dealkylation sites (N-methyl/N-ethyl adjacent to an activating group) is 1. The molecule has 0 saturated carbocycles. The van der Waals surface area contributed by atoms with Crippen molar-refractivity contribution in [2.45, 2.75) is 38.3 Å². The molecule has 1 saturated heterocycles. The van der Waals surface area contributed by atoms with Gasteiger partial charge in [0.2, 0.25) is 11.8 Å². The first-order valence-electron chi connectivity index (χ1n) is 5.36. The van der Waals surface area contributed by atoms with Crippen LogP contribution in [0.25, 0.3) is 0 Å². The van der Waals surface area contributed by atoms with Crippen molar-refractivity contribution in [2.75, 3.05) is 13.6 Å². The van der Waals surface area contributed by atoms with E-state index in [1.54, 1.807) is 0 Å².